The van der Waals surface area contributed by atoms with Crippen molar-refractivity contribution >= 4 is 11.8 Å². The van der Waals surface area contributed by atoms with E-state index < -0.39 is 11.6 Å². The Morgan fingerprint density at radius 1 is 1.08 bits per heavy atom. The zero-order valence-corrected chi connectivity index (χ0v) is 22.8. The highest BCUT2D eigenvalue weighted by atomic mass is 19.1. The van der Waals surface area contributed by atoms with E-state index in [0.717, 1.165) is 50.3 Å². The van der Waals surface area contributed by atoms with E-state index in [1.807, 2.05) is 4.90 Å². The fourth-order valence-corrected chi connectivity index (χ4v) is 5.56. The van der Waals surface area contributed by atoms with E-state index in [2.05, 4.69) is 45.8 Å². The van der Waals surface area contributed by atoms with Crippen LogP contribution >= 0.6 is 0 Å². The highest BCUT2D eigenvalue weighted by Crippen LogP contribution is 2.33. The Labute approximate surface area is 227 Å². The van der Waals surface area contributed by atoms with Gasteiger partial charge in [0.1, 0.15) is 23.8 Å². The molecule has 2 fully saturated rings. The molecule has 3 aromatic rings. The molecule has 0 aliphatic carbocycles. The van der Waals surface area contributed by atoms with Gasteiger partial charge in [-0.1, -0.05) is 25.9 Å². The van der Waals surface area contributed by atoms with Gasteiger partial charge in [-0.05, 0) is 54.9 Å². The summed E-state index contributed by atoms with van der Waals surface area (Å²) in [5.41, 5.74) is 6.61. The molecular weight excluding hydrogens is 504 g/mol. The number of nitrogens with two attached hydrogens (primary N) is 1. The minimum atomic E-state index is -0.471. The summed E-state index contributed by atoms with van der Waals surface area (Å²) in [6.45, 7) is 9.67. The van der Waals surface area contributed by atoms with Gasteiger partial charge in [0.25, 0.3) is 0 Å². The van der Waals surface area contributed by atoms with Crippen LogP contribution in [-0.2, 0) is 0 Å². The first-order chi connectivity index (χ1) is 18.8. The summed E-state index contributed by atoms with van der Waals surface area (Å²) in [7, 11) is 0. The fraction of sp³-hybridized carbons (Fsp3) is 0.571. The summed E-state index contributed by atoms with van der Waals surface area (Å²) >= 11 is 0. The Kier molecular flexibility index (Phi) is 8.25. The summed E-state index contributed by atoms with van der Waals surface area (Å²) in [6.07, 6.45) is 4.52. The van der Waals surface area contributed by atoms with Crippen LogP contribution in [0.4, 0.5) is 20.6 Å². The lowest BCUT2D eigenvalue weighted by molar-refractivity contribution is 0.216. The molecule has 0 spiro atoms. The molecule has 3 atom stereocenters. The third-order valence-electron chi connectivity index (χ3n) is 8.06. The predicted octanol–water partition coefficient (Wildman–Crippen LogP) is 4.51. The molecule has 2 saturated heterocycles. The van der Waals surface area contributed by atoms with Crippen LogP contribution in [0.15, 0.2) is 35.1 Å². The molecule has 2 aliphatic rings. The van der Waals surface area contributed by atoms with Crippen molar-refractivity contribution in [2.24, 2.45) is 17.6 Å². The van der Waals surface area contributed by atoms with Gasteiger partial charge in [0.15, 0.2) is 5.82 Å². The highest BCUT2D eigenvalue weighted by molar-refractivity contribution is 5.45. The van der Waals surface area contributed by atoms with Gasteiger partial charge in [-0.3, -0.25) is 0 Å². The molecule has 5 rings (SSSR count). The van der Waals surface area contributed by atoms with Gasteiger partial charge >= 0.3 is 6.01 Å². The van der Waals surface area contributed by atoms with Gasteiger partial charge in [-0.2, -0.15) is 4.98 Å². The zero-order valence-electron chi connectivity index (χ0n) is 22.8. The molecule has 4 heterocycles. The maximum Gasteiger partial charge on any atom is 0.324 e. The monoisotopic (exact) mass is 541 g/mol. The maximum atomic E-state index is 14.4. The summed E-state index contributed by atoms with van der Waals surface area (Å²) in [5.74, 6) is 2.01. The molecule has 0 amide bonds. The molecule has 11 heteroatoms. The van der Waals surface area contributed by atoms with Gasteiger partial charge in [0.2, 0.25) is 5.88 Å². The average molecular weight is 542 g/mol. The fourth-order valence-electron chi connectivity index (χ4n) is 5.56. The van der Waals surface area contributed by atoms with Gasteiger partial charge in [-0.15, -0.1) is 0 Å². The molecule has 0 unspecified atom stereocenters. The van der Waals surface area contributed by atoms with Crippen LogP contribution in [0.5, 0.6) is 5.88 Å². The van der Waals surface area contributed by atoms with Crippen molar-refractivity contribution in [1.29, 1.82) is 0 Å². The van der Waals surface area contributed by atoms with Crippen LogP contribution in [0.1, 0.15) is 63.3 Å². The third-order valence-corrected chi connectivity index (χ3v) is 8.06. The number of benzene rings is 1. The molecule has 9 nitrogen and oxygen atoms in total. The molecule has 2 aliphatic heterocycles. The lowest BCUT2D eigenvalue weighted by Gasteiger charge is -2.33. The van der Waals surface area contributed by atoms with Gasteiger partial charge in [0, 0.05) is 50.1 Å². The van der Waals surface area contributed by atoms with Crippen LogP contribution in [0.2, 0.25) is 0 Å². The lowest BCUT2D eigenvalue weighted by Crippen LogP contribution is -2.36. The molecule has 2 N–H and O–H groups in total. The van der Waals surface area contributed by atoms with E-state index in [1.54, 1.807) is 6.07 Å². The highest BCUT2D eigenvalue weighted by Gasteiger charge is 2.34. The van der Waals surface area contributed by atoms with Gasteiger partial charge in [-0.25, -0.2) is 18.7 Å². The minimum absolute atomic E-state index is 0.251. The first kappa shape index (κ1) is 27.2. The molecule has 0 bridgehead atoms. The second kappa shape index (κ2) is 11.8. The van der Waals surface area contributed by atoms with Crippen molar-refractivity contribution in [3.05, 3.63) is 53.6 Å². The summed E-state index contributed by atoms with van der Waals surface area (Å²) in [5, 5.41) is 4.08. The van der Waals surface area contributed by atoms with E-state index in [1.165, 1.54) is 12.4 Å². The second-order valence-corrected chi connectivity index (χ2v) is 11.1. The smallest absolute Gasteiger partial charge is 0.324 e. The minimum Gasteiger partial charge on any atom is -0.478 e. The third kappa shape index (κ3) is 6.29. The summed E-state index contributed by atoms with van der Waals surface area (Å²) in [4.78, 5) is 17.3. The molecule has 2 aromatic heterocycles. The topological polar surface area (TPSA) is 106 Å². The van der Waals surface area contributed by atoms with Crippen LogP contribution < -0.4 is 20.3 Å². The average Bonchev–Trinajstić information content (AvgIpc) is 3.58. The number of hydrogen-bond acceptors (Lipinski definition) is 9. The Morgan fingerprint density at radius 3 is 2.62 bits per heavy atom. The number of ether oxygens (including phenoxy) is 1. The quantitative estimate of drug-likeness (QED) is 0.419. The maximum absolute atomic E-state index is 14.4. The van der Waals surface area contributed by atoms with Crippen molar-refractivity contribution in [3.8, 4) is 5.88 Å². The van der Waals surface area contributed by atoms with Crippen molar-refractivity contribution in [2.45, 2.75) is 57.9 Å². The normalized spacial score (nSPS) is 21.1. The van der Waals surface area contributed by atoms with E-state index in [0.29, 0.717) is 54.8 Å². The van der Waals surface area contributed by atoms with Crippen molar-refractivity contribution in [2.75, 3.05) is 42.6 Å². The Bertz CT molecular complexity index is 1250. The van der Waals surface area contributed by atoms with Crippen LogP contribution in [0, 0.1) is 23.5 Å². The standard InChI is InChI=1S/C28H37F2N7O2/c1-17(2)27-34-28(39-35-27)36-9-6-19(7-10-36)18(3)8-11-38-26-13-25(32-16-33-26)37-14-22(24(31)15-37)21-12-20(29)4-5-23(21)30/h4-5,12-13,16-19,22,24H,6-11,14-15,31H2,1-3H3/t18-,22-,24+/m1/s1. The first-order valence-electron chi connectivity index (χ1n) is 13.8. The molecule has 0 radical (unpaired) electrons. The van der Waals surface area contributed by atoms with Gasteiger partial charge in [0.05, 0.1) is 6.61 Å². The molecule has 210 valence electrons. The van der Waals surface area contributed by atoms with Crippen molar-refractivity contribution in [1.82, 2.24) is 20.1 Å². The lowest BCUT2D eigenvalue weighted by atomic mass is 9.84. The number of anilines is 2. The van der Waals surface area contributed by atoms with Gasteiger partial charge < -0.3 is 24.8 Å². The largest absolute Gasteiger partial charge is 0.478 e. The van der Waals surface area contributed by atoms with Crippen LogP contribution in [0.25, 0.3) is 0 Å². The van der Waals surface area contributed by atoms with Crippen molar-refractivity contribution in [3.63, 3.8) is 0 Å². The number of rotatable bonds is 9. The first-order valence-corrected chi connectivity index (χ1v) is 13.8. The summed E-state index contributed by atoms with van der Waals surface area (Å²) in [6, 6.07) is 5.57. The predicted molar refractivity (Wildman–Crippen MR) is 144 cm³/mol. The van der Waals surface area contributed by atoms with E-state index in [9.17, 15) is 8.78 Å². The molecule has 39 heavy (non-hydrogen) atoms. The van der Waals surface area contributed by atoms with Crippen LogP contribution in [0.3, 0.4) is 0 Å². The SMILES string of the molecule is CC(C)c1noc(N2CCC([C@H](C)CCOc3cc(N4C[C@H](c5cc(F)ccc5F)[C@@H](N)C4)ncn3)CC2)n1. The van der Waals surface area contributed by atoms with Crippen molar-refractivity contribution < 1.29 is 18.0 Å². The molecule has 1 aromatic carbocycles. The van der Waals surface area contributed by atoms with Crippen LogP contribution in [-0.4, -0.2) is 58.9 Å². The summed E-state index contributed by atoms with van der Waals surface area (Å²) < 4.78 is 39.5. The molecule has 0 saturated carbocycles. The van der Waals surface area contributed by atoms with E-state index in [4.69, 9.17) is 15.0 Å². The molecular formula is C28H37F2N7O2. The number of piperidine rings is 1. The Balaban J connectivity index is 1.10. The number of hydrogen-bond donors (Lipinski definition) is 1. The number of halogens is 2. The zero-order chi connectivity index (χ0) is 27.5. The van der Waals surface area contributed by atoms with E-state index >= 15 is 0 Å². The second-order valence-electron chi connectivity index (χ2n) is 11.1. The number of aromatic nitrogens is 4. The Morgan fingerprint density at radius 2 is 1.87 bits per heavy atom. The Hall–Kier alpha value is -3.34. The van der Waals surface area contributed by atoms with E-state index in [-0.39, 0.29) is 17.9 Å². The number of nitrogens with zero attached hydrogens (tertiary/aromatic N) is 6.